The average Bonchev–Trinajstić information content (AvgIpc) is 2.54. The normalized spacial score (nSPS) is 17.6. The molecule has 5 heteroatoms. The summed E-state index contributed by atoms with van der Waals surface area (Å²) in [7, 11) is 0. The number of amides is 1. The van der Waals surface area contributed by atoms with Crippen LogP contribution in [0, 0.1) is 5.41 Å². The van der Waals surface area contributed by atoms with E-state index in [9.17, 15) is 9.90 Å². The number of carbonyl (C=O) groups is 1. The minimum Gasteiger partial charge on any atom is -0.489 e. The highest BCUT2D eigenvalue weighted by atomic mass is 16.5. The van der Waals surface area contributed by atoms with Crippen LogP contribution in [0.4, 0.5) is 0 Å². The number of ether oxygens (including phenoxy) is 1. The van der Waals surface area contributed by atoms with E-state index in [1.54, 1.807) is 18.3 Å². The van der Waals surface area contributed by atoms with Crippen molar-refractivity contribution in [3.8, 4) is 5.75 Å². The third-order valence-electron chi connectivity index (χ3n) is 4.53. The van der Waals surface area contributed by atoms with E-state index < -0.39 is 0 Å². The molecule has 1 aliphatic rings. The molecule has 1 aliphatic heterocycles. The Bertz CT molecular complexity index is 502. The topological polar surface area (TPSA) is 62.7 Å². The van der Waals surface area contributed by atoms with Crippen LogP contribution in [0.15, 0.2) is 18.3 Å². The first-order valence-electron chi connectivity index (χ1n) is 8.03. The Labute approximate surface area is 132 Å². The summed E-state index contributed by atoms with van der Waals surface area (Å²) in [6, 6.07) is 3.56. The number of aliphatic hydroxyl groups is 1. The Morgan fingerprint density at radius 2 is 2.14 bits per heavy atom. The standard InChI is InChI=1S/C17H26N2O3/c1-4-17(12-20)7-10-19(11-8-17)16(21)15-14(22-13(2)3)6-5-9-18-15/h5-6,9,13,20H,4,7-8,10-12H2,1-3H3. The molecule has 0 radical (unpaired) electrons. The first kappa shape index (κ1) is 16.7. The zero-order chi connectivity index (χ0) is 16.2. The molecule has 2 rings (SSSR count). The number of aliphatic hydroxyl groups excluding tert-OH is 1. The lowest BCUT2D eigenvalue weighted by Gasteiger charge is -2.40. The van der Waals surface area contributed by atoms with Gasteiger partial charge >= 0.3 is 0 Å². The van der Waals surface area contributed by atoms with Crippen molar-refractivity contribution in [1.29, 1.82) is 0 Å². The number of hydrogen-bond donors (Lipinski definition) is 1. The molecule has 0 saturated carbocycles. The highest BCUT2D eigenvalue weighted by molar-refractivity contribution is 5.95. The second-order valence-electron chi connectivity index (χ2n) is 6.32. The van der Waals surface area contributed by atoms with Crippen molar-refractivity contribution >= 4 is 5.91 Å². The van der Waals surface area contributed by atoms with Gasteiger partial charge in [-0.15, -0.1) is 0 Å². The molecule has 1 aromatic heterocycles. The number of piperidine rings is 1. The summed E-state index contributed by atoms with van der Waals surface area (Å²) in [5, 5.41) is 9.59. The summed E-state index contributed by atoms with van der Waals surface area (Å²) < 4.78 is 5.69. The zero-order valence-corrected chi connectivity index (χ0v) is 13.7. The van der Waals surface area contributed by atoms with Crippen molar-refractivity contribution in [3.05, 3.63) is 24.0 Å². The highest BCUT2D eigenvalue weighted by Gasteiger charge is 2.35. The summed E-state index contributed by atoms with van der Waals surface area (Å²) in [4.78, 5) is 18.7. The highest BCUT2D eigenvalue weighted by Crippen LogP contribution is 2.35. The molecule has 0 aromatic carbocycles. The second-order valence-corrected chi connectivity index (χ2v) is 6.32. The van der Waals surface area contributed by atoms with Gasteiger partial charge in [-0.25, -0.2) is 4.98 Å². The quantitative estimate of drug-likeness (QED) is 0.908. The molecular formula is C17H26N2O3. The smallest absolute Gasteiger partial charge is 0.276 e. The van der Waals surface area contributed by atoms with Crippen LogP contribution in [0.5, 0.6) is 5.75 Å². The van der Waals surface area contributed by atoms with Crippen LogP contribution in [0.3, 0.4) is 0 Å². The largest absolute Gasteiger partial charge is 0.489 e. The molecule has 0 atom stereocenters. The maximum absolute atomic E-state index is 12.7. The van der Waals surface area contributed by atoms with Crippen LogP contribution >= 0.6 is 0 Å². The molecule has 0 bridgehead atoms. The summed E-state index contributed by atoms with van der Waals surface area (Å²) in [6.07, 6.45) is 4.22. The summed E-state index contributed by atoms with van der Waals surface area (Å²) in [5.41, 5.74) is 0.349. The maximum Gasteiger partial charge on any atom is 0.276 e. The fraction of sp³-hybridized carbons (Fsp3) is 0.647. The zero-order valence-electron chi connectivity index (χ0n) is 13.7. The summed E-state index contributed by atoms with van der Waals surface area (Å²) in [6.45, 7) is 7.46. The summed E-state index contributed by atoms with van der Waals surface area (Å²) >= 11 is 0. The monoisotopic (exact) mass is 306 g/mol. The second kappa shape index (κ2) is 7.09. The first-order valence-corrected chi connectivity index (χ1v) is 8.03. The van der Waals surface area contributed by atoms with Gasteiger partial charge < -0.3 is 14.7 Å². The van der Waals surface area contributed by atoms with Gasteiger partial charge in [-0.05, 0) is 50.7 Å². The first-order chi connectivity index (χ1) is 10.5. The van der Waals surface area contributed by atoms with Gasteiger partial charge in [-0.3, -0.25) is 4.79 Å². The minimum atomic E-state index is -0.0844. The van der Waals surface area contributed by atoms with Crippen molar-refractivity contribution in [3.63, 3.8) is 0 Å². The van der Waals surface area contributed by atoms with E-state index in [-0.39, 0.29) is 24.0 Å². The van der Waals surface area contributed by atoms with E-state index in [0.29, 0.717) is 24.5 Å². The van der Waals surface area contributed by atoms with Crippen molar-refractivity contribution in [2.45, 2.75) is 46.1 Å². The number of hydrogen-bond acceptors (Lipinski definition) is 4. The van der Waals surface area contributed by atoms with Crippen LogP contribution in [-0.4, -0.2) is 46.7 Å². The molecule has 2 heterocycles. The Hall–Kier alpha value is -1.62. The van der Waals surface area contributed by atoms with Gasteiger partial charge in [-0.1, -0.05) is 6.92 Å². The Balaban J connectivity index is 2.10. The van der Waals surface area contributed by atoms with Crippen molar-refractivity contribution < 1.29 is 14.6 Å². The number of rotatable bonds is 5. The Kier molecular flexibility index (Phi) is 5.40. The predicted octanol–water partition coefficient (Wildman–Crippen LogP) is 2.49. The van der Waals surface area contributed by atoms with Gasteiger partial charge in [0.25, 0.3) is 5.91 Å². The molecule has 22 heavy (non-hydrogen) atoms. The van der Waals surface area contributed by atoms with Crippen LogP contribution in [0.1, 0.15) is 50.5 Å². The summed E-state index contributed by atoms with van der Waals surface area (Å²) in [5.74, 6) is 0.455. The molecule has 5 nitrogen and oxygen atoms in total. The average molecular weight is 306 g/mol. The predicted molar refractivity (Wildman–Crippen MR) is 84.9 cm³/mol. The van der Waals surface area contributed by atoms with Crippen LogP contribution in [-0.2, 0) is 0 Å². The van der Waals surface area contributed by atoms with E-state index in [1.165, 1.54) is 0 Å². The number of nitrogens with zero attached hydrogens (tertiary/aromatic N) is 2. The SMILES string of the molecule is CCC1(CO)CCN(C(=O)c2ncccc2OC(C)C)CC1. The molecule has 1 saturated heterocycles. The molecule has 1 aromatic rings. The van der Waals surface area contributed by atoms with Crippen molar-refractivity contribution in [2.24, 2.45) is 5.41 Å². The molecule has 122 valence electrons. The van der Waals surface area contributed by atoms with Gasteiger partial charge in [0.15, 0.2) is 11.4 Å². The lowest BCUT2D eigenvalue weighted by atomic mass is 9.77. The van der Waals surface area contributed by atoms with Gasteiger partial charge in [-0.2, -0.15) is 0 Å². The maximum atomic E-state index is 12.7. The number of likely N-dealkylation sites (tertiary alicyclic amines) is 1. The number of pyridine rings is 1. The van der Waals surface area contributed by atoms with Crippen molar-refractivity contribution in [2.75, 3.05) is 19.7 Å². The Morgan fingerprint density at radius 1 is 1.45 bits per heavy atom. The third kappa shape index (κ3) is 3.58. The molecule has 1 amide bonds. The molecule has 0 unspecified atom stereocenters. The molecule has 1 N–H and O–H groups in total. The van der Waals surface area contributed by atoms with Crippen molar-refractivity contribution in [1.82, 2.24) is 9.88 Å². The molecule has 1 fully saturated rings. The minimum absolute atomic E-state index is 0.000708. The fourth-order valence-corrected chi connectivity index (χ4v) is 2.86. The van der Waals surface area contributed by atoms with Crippen LogP contribution in [0.25, 0.3) is 0 Å². The molecule has 0 spiro atoms. The van der Waals surface area contributed by atoms with E-state index >= 15 is 0 Å². The van der Waals surface area contributed by atoms with Gasteiger partial charge in [0.1, 0.15) is 0 Å². The van der Waals surface area contributed by atoms with E-state index in [1.807, 2.05) is 18.7 Å². The van der Waals surface area contributed by atoms with Crippen LogP contribution in [0.2, 0.25) is 0 Å². The third-order valence-corrected chi connectivity index (χ3v) is 4.53. The van der Waals surface area contributed by atoms with E-state index in [2.05, 4.69) is 11.9 Å². The lowest BCUT2D eigenvalue weighted by Crippen LogP contribution is -2.44. The van der Waals surface area contributed by atoms with Gasteiger partial charge in [0.2, 0.25) is 0 Å². The Morgan fingerprint density at radius 3 is 2.68 bits per heavy atom. The molecular weight excluding hydrogens is 280 g/mol. The van der Waals surface area contributed by atoms with Crippen LogP contribution < -0.4 is 4.74 Å². The van der Waals surface area contributed by atoms with Gasteiger partial charge in [0, 0.05) is 25.9 Å². The number of aromatic nitrogens is 1. The fourth-order valence-electron chi connectivity index (χ4n) is 2.86. The lowest BCUT2D eigenvalue weighted by molar-refractivity contribution is 0.0331. The van der Waals surface area contributed by atoms with Gasteiger partial charge in [0.05, 0.1) is 6.10 Å². The molecule has 0 aliphatic carbocycles. The number of carbonyl (C=O) groups excluding carboxylic acids is 1. The van der Waals surface area contributed by atoms with E-state index in [4.69, 9.17) is 4.74 Å². The van der Waals surface area contributed by atoms with E-state index in [0.717, 1.165) is 19.3 Å².